The van der Waals surface area contributed by atoms with Gasteiger partial charge in [-0.1, -0.05) is 30.3 Å². The monoisotopic (exact) mass is 288 g/mol. The van der Waals surface area contributed by atoms with E-state index >= 15 is 0 Å². The van der Waals surface area contributed by atoms with Crippen LogP contribution in [0.5, 0.6) is 0 Å². The highest BCUT2D eigenvalue weighted by Crippen LogP contribution is 2.49. The van der Waals surface area contributed by atoms with Gasteiger partial charge in [-0.15, -0.1) is 0 Å². The number of imide groups is 1. The molecule has 1 saturated heterocycles. The zero-order chi connectivity index (χ0) is 15.0. The van der Waals surface area contributed by atoms with Crippen LogP contribution in [0.4, 0.5) is 4.79 Å². The Kier molecular flexibility index (Phi) is 3.16. The maximum absolute atomic E-state index is 12.2. The number of amides is 3. The Bertz CT molecular complexity index is 601. The number of benzene rings is 1. The van der Waals surface area contributed by atoms with Gasteiger partial charge in [0.1, 0.15) is 5.54 Å². The molecule has 1 aliphatic heterocycles. The van der Waals surface area contributed by atoms with Gasteiger partial charge < -0.3 is 10.4 Å². The fourth-order valence-corrected chi connectivity index (χ4v) is 3.13. The Balaban J connectivity index is 1.79. The molecule has 2 fully saturated rings. The van der Waals surface area contributed by atoms with Gasteiger partial charge in [-0.3, -0.25) is 14.9 Å². The molecule has 0 bridgehead atoms. The molecule has 2 aliphatic rings. The van der Waals surface area contributed by atoms with Crippen molar-refractivity contribution in [3.05, 3.63) is 35.9 Å². The molecule has 0 radical (unpaired) electrons. The molecule has 1 aromatic rings. The van der Waals surface area contributed by atoms with E-state index in [-0.39, 0.29) is 5.92 Å². The lowest BCUT2D eigenvalue weighted by molar-refractivity contribution is -0.139. The maximum atomic E-state index is 12.2. The van der Waals surface area contributed by atoms with Crippen molar-refractivity contribution in [3.63, 3.8) is 0 Å². The zero-order valence-corrected chi connectivity index (χ0v) is 11.3. The van der Waals surface area contributed by atoms with Crippen LogP contribution < -0.4 is 10.6 Å². The molecule has 1 heterocycles. The average Bonchev–Trinajstić information content (AvgIpc) is 3.20. The van der Waals surface area contributed by atoms with Gasteiger partial charge in [-0.25, -0.2) is 4.79 Å². The van der Waals surface area contributed by atoms with Crippen molar-refractivity contribution in [2.45, 2.75) is 24.8 Å². The number of carbonyl (C=O) groups is 3. The Labute approximate surface area is 121 Å². The van der Waals surface area contributed by atoms with E-state index in [2.05, 4.69) is 10.6 Å². The first-order chi connectivity index (χ1) is 10.0. The summed E-state index contributed by atoms with van der Waals surface area (Å²) in [5.41, 5.74) is -0.0333. The molecule has 3 atom stereocenters. The van der Waals surface area contributed by atoms with E-state index in [1.54, 1.807) is 0 Å². The lowest BCUT2D eigenvalue weighted by Crippen LogP contribution is -2.50. The minimum Gasteiger partial charge on any atom is -0.481 e. The van der Waals surface area contributed by atoms with E-state index in [0.717, 1.165) is 5.56 Å². The highest BCUT2D eigenvalue weighted by molar-refractivity contribution is 6.07. The summed E-state index contributed by atoms with van der Waals surface area (Å²) in [6, 6.07) is 9.08. The quantitative estimate of drug-likeness (QED) is 0.702. The van der Waals surface area contributed by atoms with Crippen molar-refractivity contribution in [2.75, 3.05) is 0 Å². The van der Waals surface area contributed by atoms with E-state index < -0.39 is 29.4 Å². The minimum atomic E-state index is -1.09. The normalized spacial score (nSPS) is 30.7. The van der Waals surface area contributed by atoms with Crippen molar-refractivity contribution in [3.8, 4) is 0 Å². The Morgan fingerprint density at radius 1 is 1.29 bits per heavy atom. The van der Waals surface area contributed by atoms with Crippen LogP contribution >= 0.6 is 0 Å². The number of carboxylic acid groups (broad SMARTS) is 1. The number of rotatable bonds is 5. The molecule has 3 rings (SSSR count). The topological polar surface area (TPSA) is 95.5 Å². The number of carbonyl (C=O) groups excluding carboxylic acids is 2. The van der Waals surface area contributed by atoms with Gasteiger partial charge in [-0.05, 0) is 24.8 Å². The molecule has 3 unspecified atom stereocenters. The number of carboxylic acids is 1. The molecular weight excluding hydrogens is 272 g/mol. The van der Waals surface area contributed by atoms with Gasteiger partial charge in [0, 0.05) is 5.92 Å². The summed E-state index contributed by atoms with van der Waals surface area (Å²) in [6.45, 7) is 0. The summed E-state index contributed by atoms with van der Waals surface area (Å²) < 4.78 is 0. The number of aryl methyl sites for hydroxylation is 1. The Hall–Kier alpha value is -2.37. The van der Waals surface area contributed by atoms with Crippen LogP contribution in [0.1, 0.15) is 18.4 Å². The highest BCUT2D eigenvalue weighted by atomic mass is 16.4. The second-order valence-electron chi connectivity index (χ2n) is 5.65. The number of hydrogen-bond acceptors (Lipinski definition) is 3. The van der Waals surface area contributed by atoms with Crippen LogP contribution in [0, 0.1) is 11.8 Å². The van der Waals surface area contributed by atoms with Crippen LogP contribution in [0.15, 0.2) is 30.3 Å². The fourth-order valence-electron chi connectivity index (χ4n) is 3.13. The number of urea groups is 1. The van der Waals surface area contributed by atoms with Crippen LogP contribution in [-0.4, -0.2) is 28.6 Å². The molecule has 1 saturated carbocycles. The molecular formula is C15H16N2O4. The molecule has 0 spiro atoms. The summed E-state index contributed by atoms with van der Waals surface area (Å²) in [4.78, 5) is 34.8. The Morgan fingerprint density at radius 2 is 2.00 bits per heavy atom. The number of aliphatic carboxylic acids is 1. The second kappa shape index (κ2) is 4.87. The van der Waals surface area contributed by atoms with Crippen LogP contribution in [0.3, 0.4) is 0 Å². The highest BCUT2D eigenvalue weighted by Gasteiger charge is 2.62. The third kappa shape index (κ3) is 2.37. The minimum absolute atomic E-state index is 0.329. The van der Waals surface area contributed by atoms with Crippen molar-refractivity contribution >= 4 is 17.9 Å². The van der Waals surface area contributed by atoms with Crippen molar-refractivity contribution < 1.29 is 19.5 Å². The van der Waals surface area contributed by atoms with E-state index in [1.165, 1.54) is 0 Å². The van der Waals surface area contributed by atoms with Crippen molar-refractivity contribution in [1.82, 2.24) is 10.6 Å². The van der Waals surface area contributed by atoms with Gasteiger partial charge in [-0.2, -0.15) is 0 Å². The summed E-state index contributed by atoms with van der Waals surface area (Å²) >= 11 is 0. The largest absolute Gasteiger partial charge is 0.481 e. The third-order valence-corrected chi connectivity index (χ3v) is 4.36. The first-order valence-corrected chi connectivity index (χ1v) is 6.93. The van der Waals surface area contributed by atoms with Gasteiger partial charge in [0.15, 0.2) is 0 Å². The van der Waals surface area contributed by atoms with Gasteiger partial charge in [0.25, 0.3) is 5.91 Å². The zero-order valence-electron chi connectivity index (χ0n) is 11.3. The molecule has 3 amide bonds. The Morgan fingerprint density at radius 3 is 2.52 bits per heavy atom. The predicted molar refractivity (Wildman–Crippen MR) is 73.4 cm³/mol. The van der Waals surface area contributed by atoms with E-state index in [1.807, 2.05) is 30.3 Å². The van der Waals surface area contributed by atoms with Crippen LogP contribution in [0.2, 0.25) is 0 Å². The maximum Gasteiger partial charge on any atom is 0.322 e. The SMILES string of the molecule is O=C1NC(=O)C(CCc2ccccc2)(C2CC2C(=O)O)N1. The van der Waals surface area contributed by atoms with Crippen LogP contribution in [0.25, 0.3) is 0 Å². The summed E-state index contributed by atoms with van der Waals surface area (Å²) in [6.07, 6.45) is 1.44. The van der Waals surface area contributed by atoms with E-state index in [0.29, 0.717) is 19.3 Å². The first kappa shape index (κ1) is 13.6. The molecule has 1 aliphatic carbocycles. The molecule has 6 heteroatoms. The lowest BCUT2D eigenvalue weighted by atomic mass is 9.85. The summed E-state index contributed by atoms with van der Waals surface area (Å²) in [5, 5.41) is 14.0. The van der Waals surface area contributed by atoms with Gasteiger partial charge >= 0.3 is 12.0 Å². The smallest absolute Gasteiger partial charge is 0.322 e. The summed E-state index contributed by atoms with van der Waals surface area (Å²) in [5.74, 6) is -2.19. The molecule has 1 aromatic carbocycles. The average molecular weight is 288 g/mol. The predicted octanol–water partition coefficient (Wildman–Crippen LogP) is 0.918. The van der Waals surface area contributed by atoms with E-state index in [4.69, 9.17) is 5.11 Å². The van der Waals surface area contributed by atoms with Crippen molar-refractivity contribution in [2.24, 2.45) is 11.8 Å². The number of hydrogen-bond donors (Lipinski definition) is 3. The summed E-state index contributed by atoms with van der Waals surface area (Å²) in [7, 11) is 0. The number of nitrogens with one attached hydrogen (secondary N) is 2. The van der Waals surface area contributed by atoms with Gasteiger partial charge in [0.2, 0.25) is 0 Å². The third-order valence-electron chi connectivity index (χ3n) is 4.36. The molecule has 110 valence electrons. The molecule has 3 N–H and O–H groups in total. The molecule has 0 aromatic heterocycles. The first-order valence-electron chi connectivity index (χ1n) is 6.93. The standard InChI is InChI=1S/C15H16N2O4/c18-12(19)10-8-11(10)15(13(20)16-14(21)17-15)7-6-9-4-2-1-3-5-9/h1-5,10-11H,6-8H2,(H,18,19)(H2,16,17,20,21). The lowest BCUT2D eigenvalue weighted by Gasteiger charge is -2.26. The second-order valence-corrected chi connectivity index (χ2v) is 5.65. The van der Waals surface area contributed by atoms with Crippen molar-refractivity contribution in [1.29, 1.82) is 0 Å². The van der Waals surface area contributed by atoms with E-state index in [9.17, 15) is 14.4 Å². The molecule has 6 nitrogen and oxygen atoms in total. The molecule has 21 heavy (non-hydrogen) atoms. The fraction of sp³-hybridized carbons (Fsp3) is 0.400. The van der Waals surface area contributed by atoms with Gasteiger partial charge in [0.05, 0.1) is 5.92 Å². The van der Waals surface area contributed by atoms with Crippen LogP contribution in [-0.2, 0) is 16.0 Å².